The molecule has 1 fully saturated rings. The van der Waals surface area contributed by atoms with Crippen LogP contribution in [0.2, 0.25) is 0 Å². The molecule has 14 heteroatoms. The van der Waals surface area contributed by atoms with Crippen LogP contribution in [-0.2, 0) is 39.4 Å². The second-order valence-corrected chi connectivity index (χ2v) is 14.9. The first-order valence-corrected chi connectivity index (χ1v) is 18.1. The van der Waals surface area contributed by atoms with Crippen molar-refractivity contribution in [3.8, 4) is 0 Å². The lowest BCUT2D eigenvalue weighted by atomic mass is 9.91. The lowest BCUT2D eigenvalue weighted by Crippen LogP contribution is -2.61. The molecule has 0 radical (unpaired) electrons. The summed E-state index contributed by atoms with van der Waals surface area (Å²) in [6, 6.07) is 20.6. The number of rotatable bonds is 11. The van der Waals surface area contributed by atoms with Crippen LogP contribution in [0.4, 0.5) is 0 Å². The van der Waals surface area contributed by atoms with Gasteiger partial charge in [-0.25, -0.2) is 0 Å². The van der Waals surface area contributed by atoms with Crippen molar-refractivity contribution in [2.45, 2.75) is 76.4 Å². The Morgan fingerprint density at radius 2 is 1.64 bits per heavy atom. The van der Waals surface area contributed by atoms with E-state index in [1.54, 1.807) is 6.20 Å². The van der Waals surface area contributed by atoms with Gasteiger partial charge in [-0.15, -0.1) is 0 Å². The van der Waals surface area contributed by atoms with Gasteiger partial charge in [0, 0.05) is 63.0 Å². The summed E-state index contributed by atoms with van der Waals surface area (Å²) in [6.45, 7) is 8.74. The van der Waals surface area contributed by atoms with Crippen LogP contribution in [0.15, 0.2) is 79.1 Å². The monoisotopic (exact) mass is 711 g/mol. The average Bonchev–Trinajstić information content (AvgIpc) is 3.35. The van der Waals surface area contributed by atoms with Crippen molar-refractivity contribution in [3.63, 3.8) is 0 Å². The van der Waals surface area contributed by atoms with Gasteiger partial charge in [0.15, 0.2) is 0 Å². The Balaban J connectivity index is 0.00000105. The van der Waals surface area contributed by atoms with Gasteiger partial charge in [-0.2, -0.15) is 8.42 Å². The highest BCUT2D eigenvalue weighted by molar-refractivity contribution is 7.79. The van der Waals surface area contributed by atoms with E-state index in [0.29, 0.717) is 32.5 Å². The minimum Gasteiger partial charge on any atom is -0.392 e. The summed E-state index contributed by atoms with van der Waals surface area (Å²) >= 11 is 0. The maximum Gasteiger partial charge on any atom is 0.394 e. The number of amides is 2. The first kappa shape index (κ1) is 39.0. The molecule has 0 bridgehead atoms. The maximum absolute atomic E-state index is 13.8. The Morgan fingerprint density at radius 3 is 2.30 bits per heavy atom. The van der Waals surface area contributed by atoms with Gasteiger partial charge in [0.1, 0.15) is 6.04 Å². The molecule has 2 amide bonds. The van der Waals surface area contributed by atoms with Gasteiger partial charge in [-0.3, -0.25) is 33.5 Å². The van der Waals surface area contributed by atoms with E-state index in [1.165, 1.54) is 0 Å². The summed E-state index contributed by atoms with van der Waals surface area (Å²) in [5.41, 5.74) is 3.68. The first-order valence-electron chi connectivity index (χ1n) is 16.7. The molecule has 6 N–H and O–H groups in total. The van der Waals surface area contributed by atoms with E-state index in [-0.39, 0.29) is 24.8 Å². The molecule has 272 valence electrons. The predicted molar refractivity (Wildman–Crippen MR) is 188 cm³/mol. The lowest BCUT2D eigenvalue weighted by molar-refractivity contribution is -0.132. The first-order chi connectivity index (χ1) is 23.6. The molecule has 2 aromatic carbocycles. The van der Waals surface area contributed by atoms with Gasteiger partial charge in [0.2, 0.25) is 11.8 Å². The Labute approximate surface area is 294 Å². The van der Waals surface area contributed by atoms with E-state index in [1.807, 2.05) is 93.7 Å². The van der Waals surface area contributed by atoms with Crippen LogP contribution < -0.4 is 10.6 Å². The summed E-state index contributed by atoms with van der Waals surface area (Å²) in [7, 11) is -4.67. The second-order valence-electron chi connectivity index (χ2n) is 14.0. The average molecular weight is 712 g/mol. The van der Waals surface area contributed by atoms with Crippen molar-refractivity contribution in [3.05, 3.63) is 101 Å². The largest absolute Gasteiger partial charge is 0.394 e. The zero-order valence-electron chi connectivity index (χ0n) is 28.7. The highest BCUT2D eigenvalue weighted by atomic mass is 32.3. The number of aliphatic hydroxyl groups is 2. The van der Waals surface area contributed by atoms with Crippen molar-refractivity contribution in [1.82, 2.24) is 25.4 Å². The van der Waals surface area contributed by atoms with Gasteiger partial charge in [-0.1, -0.05) is 60.7 Å². The van der Waals surface area contributed by atoms with Crippen molar-refractivity contribution in [1.29, 1.82) is 0 Å². The number of piperazine rings is 1. The Bertz CT molecular complexity index is 1650. The minimum atomic E-state index is -4.67. The number of aliphatic hydroxyl groups excluding tert-OH is 2. The molecule has 5 atom stereocenters. The van der Waals surface area contributed by atoms with E-state index in [2.05, 4.69) is 25.4 Å². The maximum atomic E-state index is 13.8. The number of fused-ring (bicyclic) bond motifs is 1. The number of β-amino-alcohol motifs (C(OH)–C–C–N with tert-alkyl or cyclic N) is 1. The molecule has 2 aliphatic rings. The van der Waals surface area contributed by atoms with E-state index in [4.69, 9.17) is 17.5 Å². The summed E-state index contributed by atoms with van der Waals surface area (Å²) in [5, 5.41) is 28.5. The smallest absolute Gasteiger partial charge is 0.392 e. The van der Waals surface area contributed by atoms with Gasteiger partial charge in [0.25, 0.3) is 0 Å². The topological polar surface area (TPSA) is 193 Å². The molecular weight excluding hydrogens is 662 g/mol. The number of hydrogen-bond donors (Lipinski definition) is 6. The number of benzene rings is 2. The summed E-state index contributed by atoms with van der Waals surface area (Å²) in [6.07, 6.45) is 3.26. The van der Waals surface area contributed by atoms with E-state index in [9.17, 15) is 19.8 Å². The molecule has 1 saturated heterocycles. The third kappa shape index (κ3) is 12.5. The van der Waals surface area contributed by atoms with Gasteiger partial charge in [0.05, 0.1) is 18.2 Å². The number of aromatic nitrogens is 1. The molecule has 3 aromatic rings. The van der Waals surface area contributed by atoms with Crippen LogP contribution in [0.5, 0.6) is 0 Å². The molecule has 1 aromatic heterocycles. The zero-order valence-corrected chi connectivity index (χ0v) is 29.5. The molecule has 0 unspecified atom stereocenters. The highest BCUT2D eigenvalue weighted by Gasteiger charge is 2.37. The molecular formula is C36H49N5O8S. The van der Waals surface area contributed by atoms with Crippen LogP contribution in [0.25, 0.3) is 0 Å². The fourth-order valence-corrected chi connectivity index (χ4v) is 6.56. The Kier molecular flexibility index (Phi) is 13.6. The van der Waals surface area contributed by atoms with Crippen molar-refractivity contribution >= 4 is 22.2 Å². The fourth-order valence-electron chi connectivity index (χ4n) is 6.56. The van der Waals surface area contributed by atoms with Crippen molar-refractivity contribution in [2.75, 3.05) is 26.2 Å². The second kappa shape index (κ2) is 17.4. The summed E-state index contributed by atoms with van der Waals surface area (Å²) in [5.74, 6) is -0.781. The molecule has 2 heterocycles. The molecule has 5 rings (SSSR count). The normalized spacial score (nSPS) is 20.9. The molecule has 0 spiro atoms. The fraction of sp³-hybridized carbons (Fsp3) is 0.472. The van der Waals surface area contributed by atoms with Crippen molar-refractivity contribution in [2.24, 2.45) is 5.92 Å². The van der Waals surface area contributed by atoms with E-state index in [0.717, 1.165) is 28.8 Å². The molecule has 13 nitrogen and oxygen atoms in total. The van der Waals surface area contributed by atoms with Crippen LogP contribution in [0.3, 0.4) is 0 Å². The number of nitrogens with zero attached hydrogens (tertiary/aromatic N) is 3. The van der Waals surface area contributed by atoms with Crippen LogP contribution >= 0.6 is 0 Å². The van der Waals surface area contributed by atoms with E-state index >= 15 is 0 Å². The number of hydrogen-bond acceptors (Lipinski definition) is 9. The van der Waals surface area contributed by atoms with Gasteiger partial charge < -0.3 is 20.8 Å². The Morgan fingerprint density at radius 1 is 0.980 bits per heavy atom. The van der Waals surface area contributed by atoms with Gasteiger partial charge in [-0.05, 0) is 61.9 Å². The molecule has 0 saturated carbocycles. The Hall–Kier alpha value is -3.76. The molecule has 1 aliphatic carbocycles. The summed E-state index contributed by atoms with van der Waals surface area (Å²) in [4.78, 5) is 35.9. The van der Waals surface area contributed by atoms with Crippen molar-refractivity contribution < 1.29 is 37.3 Å². The third-order valence-corrected chi connectivity index (χ3v) is 8.70. The third-order valence-electron chi connectivity index (χ3n) is 8.70. The molecule has 50 heavy (non-hydrogen) atoms. The summed E-state index contributed by atoms with van der Waals surface area (Å²) < 4.78 is 31.6. The number of carbonyl (C=O) groups excluding carboxylic acids is 2. The standard InChI is InChI=1S/C36H47N5O4.H2O4S/c1-36(2,3)39-35(45)31-24-40(22-26-12-9-15-37-21-26)16-17-41(31)23-29(42)19-28(18-25-10-5-4-6-11-25)34(44)38-33-30-14-8-7-13-27(30)20-32(33)43;1-5(2,3)4/h4-15,21,28-29,31-33,42-43H,16-20,22-24H2,1-3H3,(H,38,44)(H,39,45);(H2,1,2,3,4)/t28-,29-,31-,32+,33-;/m0./s1. The van der Waals surface area contributed by atoms with Crippen LogP contribution in [-0.4, -0.2) is 104 Å². The highest BCUT2D eigenvalue weighted by Crippen LogP contribution is 2.32. The minimum absolute atomic E-state index is 0.0712. The lowest BCUT2D eigenvalue weighted by Gasteiger charge is -2.42. The number of carbonyl (C=O) groups is 2. The number of pyridine rings is 1. The quantitative estimate of drug-likeness (QED) is 0.160. The van der Waals surface area contributed by atoms with Crippen LogP contribution in [0, 0.1) is 5.92 Å². The predicted octanol–water partition coefficient (Wildman–Crippen LogP) is 2.21. The number of nitrogens with one attached hydrogen (secondary N) is 2. The van der Waals surface area contributed by atoms with E-state index < -0.39 is 46.1 Å². The molecule has 1 aliphatic heterocycles. The zero-order chi connectivity index (χ0) is 36.5. The van der Waals surface area contributed by atoms with Crippen LogP contribution in [0.1, 0.15) is 55.5 Å². The van der Waals surface area contributed by atoms with Gasteiger partial charge >= 0.3 is 10.4 Å². The SMILES string of the molecule is CC(C)(C)NC(=O)[C@@H]1CN(Cc2cccnc2)CCN1C[C@@H](O)C[C@H](Cc1ccccc1)C(=O)N[C@H]1c2ccccc2C[C@H]1O.O=S(=O)(O)O.